The Balaban J connectivity index is 2.14. The highest BCUT2D eigenvalue weighted by molar-refractivity contribution is 6.31. The highest BCUT2D eigenvalue weighted by atomic mass is 35.5. The minimum absolute atomic E-state index is 0.504. The molecule has 0 aliphatic heterocycles. The Labute approximate surface area is 107 Å². The van der Waals surface area contributed by atoms with Gasteiger partial charge < -0.3 is 5.11 Å². The van der Waals surface area contributed by atoms with Gasteiger partial charge in [0.15, 0.2) is 0 Å². The first kappa shape index (κ1) is 12.2. The fourth-order valence-corrected chi connectivity index (χ4v) is 1.99. The first-order chi connectivity index (χ1) is 8.16. The summed E-state index contributed by atoms with van der Waals surface area (Å²) in [7, 11) is 0. The third kappa shape index (κ3) is 3.09. The van der Waals surface area contributed by atoms with E-state index in [1.54, 1.807) is 0 Å². The lowest BCUT2D eigenvalue weighted by molar-refractivity contribution is 0.178. The number of aliphatic hydroxyl groups is 1. The Bertz CT molecular complexity index is 491. The minimum atomic E-state index is -0.504. The quantitative estimate of drug-likeness (QED) is 0.870. The molecular formula is C15H15ClO. The first-order valence-corrected chi connectivity index (χ1v) is 6.02. The summed E-state index contributed by atoms with van der Waals surface area (Å²) in [4.78, 5) is 0. The lowest BCUT2D eigenvalue weighted by Gasteiger charge is -2.12. The van der Waals surface area contributed by atoms with Crippen molar-refractivity contribution in [2.45, 2.75) is 19.4 Å². The van der Waals surface area contributed by atoms with E-state index in [1.165, 1.54) is 5.56 Å². The summed E-state index contributed by atoms with van der Waals surface area (Å²) in [5, 5.41) is 10.8. The Morgan fingerprint density at radius 3 is 2.35 bits per heavy atom. The van der Waals surface area contributed by atoms with Crippen LogP contribution in [0.1, 0.15) is 22.8 Å². The largest absolute Gasteiger partial charge is 0.388 e. The number of rotatable bonds is 3. The Hall–Kier alpha value is -1.31. The minimum Gasteiger partial charge on any atom is -0.388 e. The predicted octanol–water partition coefficient (Wildman–Crippen LogP) is 3.92. The first-order valence-electron chi connectivity index (χ1n) is 5.65. The van der Waals surface area contributed by atoms with Gasteiger partial charge in [0.05, 0.1) is 6.10 Å². The highest BCUT2D eigenvalue weighted by Crippen LogP contribution is 2.23. The lowest BCUT2D eigenvalue weighted by atomic mass is 10.0. The molecule has 0 aliphatic rings. The molecule has 0 amide bonds. The third-order valence-corrected chi connectivity index (χ3v) is 3.20. The SMILES string of the molecule is Cc1ccc(C(O)Cc2ccccc2Cl)cc1. The molecule has 2 heteroatoms. The smallest absolute Gasteiger partial charge is 0.0830 e. The van der Waals surface area contributed by atoms with Gasteiger partial charge >= 0.3 is 0 Å². The molecule has 0 fully saturated rings. The van der Waals surface area contributed by atoms with Gasteiger partial charge in [-0.1, -0.05) is 59.6 Å². The zero-order chi connectivity index (χ0) is 12.3. The van der Waals surface area contributed by atoms with Gasteiger partial charge in [0.2, 0.25) is 0 Å². The molecule has 0 saturated heterocycles. The number of aliphatic hydroxyl groups excluding tert-OH is 1. The fraction of sp³-hybridized carbons (Fsp3) is 0.200. The third-order valence-electron chi connectivity index (χ3n) is 2.83. The van der Waals surface area contributed by atoms with Gasteiger partial charge in [-0.05, 0) is 24.1 Å². The van der Waals surface area contributed by atoms with Crippen LogP contribution in [0.4, 0.5) is 0 Å². The molecule has 0 aliphatic carbocycles. The van der Waals surface area contributed by atoms with Gasteiger partial charge in [-0.2, -0.15) is 0 Å². The molecule has 1 nitrogen and oxygen atoms in total. The van der Waals surface area contributed by atoms with E-state index < -0.39 is 6.10 Å². The summed E-state index contributed by atoms with van der Waals surface area (Å²) in [6.07, 6.45) is 0.0402. The van der Waals surface area contributed by atoms with Crippen molar-refractivity contribution in [3.05, 3.63) is 70.2 Å². The van der Waals surface area contributed by atoms with Crippen LogP contribution in [0.25, 0.3) is 0 Å². The van der Waals surface area contributed by atoms with Crippen LogP contribution in [0, 0.1) is 6.92 Å². The molecule has 1 atom stereocenters. The molecule has 1 unspecified atom stereocenters. The van der Waals surface area contributed by atoms with Crippen molar-refractivity contribution in [1.29, 1.82) is 0 Å². The van der Waals surface area contributed by atoms with Crippen LogP contribution in [0.15, 0.2) is 48.5 Å². The van der Waals surface area contributed by atoms with Crippen molar-refractivity contribution in [2.24, 2.45) is 0 Å². The molecule has 0 saturated carbocycles. The Morgan fingerprint density at radius 2 is 1.71 bits per heavy atom. The van der Waals surface area contributed by atoms with E-state index in [0.717, 1.165) is 11.1 Å². The molecule has 0 bridgehead atoms. The number of benzene rings is 2. The van der Waals surface area contributed by atoms with Gasteiger partial charge in [-0.3, -0.25) is 0 Å². The standard InChI is InChI=1S/C15H15ClO/c1-11-6-8-12(9-7-11)15(17)10-13-4-2-3-5-14(13)16/h2-9,15,17H,10H2,1H3. The van der Waals surface area contributed by atoms with E-state index in [1.807, 2.05) is 55.5 Å². The molecule has 2 aromatic carbocycles. The molecule has 17 heavy (non-hydrogen) atoms. The van der Waals surface area contributed by atoms with Crippen LogP contribution in [-0.2, 0) is 6.42 Å². The van der Waals surface area contributed by atoms with Crippen molar-refractivity contribution in [2.75, 3.05) is 0 Å². The van der Waals surface area contributed by atoms with Crippen molar-refractivity contribution in [1.82, 2.24) is 0 Å². The van der Waals surface area contributed by atoms with Crippen LogP contribution in [0.3, 0.4) is 0 Å². The van der Waals surface area contributed by atoms with Gasteiger partial charge in [-0.25, -0.2) is 0 Å². The summed E-state index contributed by atoms with van der Waals surface area (Å²) >= 11 is 6.07. The molecule has 2 rings (SSSR count). The maximum atomic E-state index is 10.1. The second kappa shape index (κ2) is 5.35. The molecule has 2 aromatic rings. The highest BCUT2D eigenvalue weighted by Gasteiger charge is 2.10. The Kier molecular flexibility index (Phi) is 3.82. The van der Waals surface area contributed by atoms with Crippen LogP contribution >= 0.6 is 11.6 Å². The van der Waals surface area contributed by atoms with Crippen molar-refractivity contribution < 1.29 is 5.11 Å². The van der Waals surface area contributed by atoms with Gasteiger partial charge in [0.1, 0.15) is 0 Å². The zero-order valence-electron chi connectivity index (χ0n) is 9.73. The summed E-state index contributed by atoms with van der Waals surface area (Å²) in [5.74, 6) is 0. The second-order valence-electron chi connectivity index (χ2n) is 4.22. The van der Waals surface area contributed by atoms with E-state index in [4.69, 9.17) is 11.6 Å². The zero-order valence-corrected chi connectivity index (χ0v) is 10.5. The van der Waals surface area contributed by atoms with Crippen LogP contribution in [-0.4, -0.2) is 5.11 Å². The Morgan fingerprint density at radius 1 is 1.06 bits per heavy atom. The van der Waals surface area contributed by atoms with Gasteiger partial charge in [0, 0.05) is 11.4 Å². The van der Waals surface area contributed by atoms with Crippen molar-refractivity contribution >= 4 is 11.6 Å². The van der Waals surface area contributed by atoms with Crippen LogP contribution < -0.4 is 0 Å². The van der Waals surface area contributed by atoms with Gasteiger partial charge in [0.25, 0.3) is 0 Å². The fourth-order valence-electron chi connectivity index (χ4n) is 1.78. The summed E-state index contributed by atoms with van der Waals surface area (Å²) < 4.78 is 0. The monoisotopic (exact) mass is 246 g/mol. The average molecular weight is 247 g/mol. The molecular weight excluding hydrogens is 232 g/mol. The normalized spacial score (nSPS) is 12.4. The molecule has 0 spiro atoms. The van der Waals surface area contributed by atoms with E-state index >= 15 is 0 Å². The summed E-state index contributed by atoms with van der Waals surface area (Å²) in [5.41, 5.74) is 3.09. The maximum Gasteiger partial charge on any atom is 0.0830 e. The molecule has 1 N–H and O–H groups in total. The van der Waals surface area contributed by atoms with Crippen LogP contribution in [0.5, 0.6) is 0 Å². The van der Waals surface area contributed by atoms with Gasteiger partial charge in [-0.15, -0.1) is 0 Å². The van der Waals surface area contributed by atoms with E-state index in [9.17, 15) is 5.11 Å². The van der Waals surface area contributed by atoms with E-state index in [0.29, 0.717) is 11.4 Å². The lowest BCUT2D eigenvalue weighted by Crippen LogP contribution is -2.02. The van der Waals surface area contributed by atoms with Crippen molar-refractivity contribution in [3.8, 4) is 0 Å². The van der Waals surface area contributed by atoms with E-state index in [2.05, 4.69) is 0 Å². The predicted molar refractivity (Wildman–Crippen MR) is 71.3 cm³/mol. The maximum absolute atomic E-state index is 10.1. The summed E-state index contributed by atoms with van der Waals surface area (Å²) in [6, 6.07) is 15.5. The molecule has 0 heterocycles. The van der Waals surface area contributed by atoms with Crippen LogP contribution in [0.2, 0.25) is 5.02 Å². The number of hydrogen-bond acceptors (Lipinski definition) is 1. The number of halogens is 1. The number of hydrogen-bond donors (Lipinski definition) is 1. The molecule has 0 aromatic heterocycles. The topological polar surface area (TPSA) is 20.2 Å². The summed E-state index contributed by atoms with van der Waals surface area (Å²) in [6.45, 7) is 2.03. The second-order valence-corrected chi connectivity index (χ2v) is 4.63. The van der Waals surface area contributed by atoms with Crippen molar-refractivity contribution in [3.63, 3.8) is 0 Å². The molecule has 88 valence electrons. The average Bonchev–Trinajstić information content (AvgIpc) is 2.33. The number of aryl methyl sites for hydroxylation is 1. The van der Waals surface area contributed by atoms with E-state index in [-0.39, 0.29) is 0 Å². The molecule has 0 radical (unpaired) electrons.